The van der Waals surface area contributed by atoms with Crippen molar-refractivity contribution in [2.75, 3.05) is 4.90 Å². The van der Waals surface area contributed by atoms with E-state index >= 15 is 0 Å². The molecule has 0 aliphatic heterocycles. The standard InChI is InChI=1S/C23H37N3O6/c1-14(27)30-16-11-15(12-16)17-13-18(26(24-17)21(2,3)4)25(19(28)31-22(5,6)7)20(29)32-23(8,9)10/h13,15-16H,11-12H2,1-10H3. The number of imide groups is 1. The SMILES string of the molecule is CC(=O)OC1CC(c2cc(N(C(=O)OC(C)(C)C)C(=O)OC(C)(C)C)n(C(C)(C)C)n2)C1. The van der Waals surface area contributed by atoms with Gasteiger partial charge in [-0.3, -0.25) is 4.79 Å². The van der Waals surface area contributed by atoms with Gasteiger partial charge in [0.1, 0.15) is 23.1 Å². The van der Waals surface area contributed by atoms with Crippen LogP contribution in [0.4, 0.5) is 15.4 Å². The molecule has 9 heteroatoms. The van der Waals surface area contributed by atoms with Gasteiger partial charge in [-0.25, -0.2) is 14.3 Å². The van der Waals surface area contributed by atoms with Crippen LogP contribution in [0, 0.1) is 0 Å². The summed E-state index contributed by atoms with van der Waals surface area (Å²) in [5.74, 6) is 0.0168. The molecule has 0 unspecified atom stereocenters. The molecule has 0 atom stereocenters. The number of rotatable bonds is 3. The zero-order chi connectivity index (χ0) is 24.6. The summed E-state index contributed by atoms with van der Waals surface area (Å²) in [6.45, 7) is 17.6. The van der Waals surface area contributed by atoms with Crippen LogP contribution in [0.5, 0.6) is 0 Å². The van der Waals surface area contributed by atoms with E-state index in [1.54, 1.807) is 52.3 Å². The molecule has 0 radical (unpaired) electrons. The van der Waals surface area contributed by atoms with E-state index in [4.69, 9.17) is 19.3 Å². The maximum atomic E-state index is 13.1. The summed E-state index contributed by atoms with van der Waals surface area (Å²) in [7, 11) is 0. The number of ether oxygens (including phenoxy) is 3. The van der Waals surface area contributed by atoms with Crippen molar-refractivity contribution in [3.8, 4) is 0 Å². The molecule has 0 saturated heterocycles. The van der Waals surface area contributed by atoms with E-state index < -0.39 is 28.9 Å². The van der Waals surface area contributed by atoms with Gasteiger partial charge in [0.05, 0.1) is 11.2 Å². The average molecular weight is 452 g/mol. The topological polar surface area (TPSA) is 100.0 Å². The smallest absolute Gasteiger partial charge is 0.425 e. The van der Waals surface area contributed by atoms with Gasteiger partial charge in [-0.15, -0.1) is 0 Å². The van der Waals surface area contributed by atoms with E-state index in [9.17, 15) is 14.4 Å². The lowest BCUT2D eigenvalue weighted by molar-refractivity contribution is -0.151. The van der Waals surface area contributed by atoms with Crippen molar-refractivity contribution in [3.63, 3.8) is 0 Å². The Balaban J connectivity index is 2.46. The van der Waals surface area contributed by atoms with Crippen molar-refractivity contribution in [3.05, 3.63) is 11.8 Å². The van der Waals surface area contributed by atoms with Gasteiger partial charge < -0.3 is 14.2 Å². The average Bonchev–Trinajstić information content (AvgIpc) is 2.91. The molecule has 1 aliphatic rings. The number of hydrogen-bond donors (Lipinski definition) is 0. The minimum atomic E-state index is -0.838. The van der Waals surface area contributed by atoms with Gasteiger partial charge in [0, 0.05) is 18.9 Å². The molecule has 2 rings (SSSR count). The van der Waals surface area contributed by atoms with Crippen molar-refractivity contribution in [1.29, 1.82) is 0 Å². The Kier molecular flexibility index (Phi) is 7.02. The minimum Gasteiger partial charge on any atom is -0.463 e. The Labute approximate surface area is 190 Å². The van der Waals surface area contributed by atoms with Gasteiger partial charge in [-0.2, -0.15) is 10.00 Å². The fourth-order valence-corrected chi connectivity index (χ4v) is 3.26. The Bertz CT molecular complexity index is 836. The summed E-state index contributed by atoms with van der Waals surface area (Å²) in [6.07, 6.45) is -0.545. The molecule has 180 valence electrons. The zero-order valence-corrected chi connectivity index (χ0v) is 20.9. The van der Waals surface area contributed by atoms with E-state index in [0.717, 1.165) is 10.6 Å². The summed E-state index contributed by atoms with van der Waals surface area (Å²) >= 11 is 0. The monoisotopic (exact) mass is 451 g/mol. The van der Waals surface area contributed by atoms with Gasteiger partial charge in [-0.1, -0.05) is 0 Å². The molecule has 0 aromatic carbocycles. The summed E-state index contributed by atoms with van der Waals surface area (Å²) in [4.78, 5) is 38.3. The number of carbonyl (C=O) groups is 3. The quantitative estimate of drug-likeness (QED) is 0.464. The lowest BCUT2D eigenvalue weighted by Crippen LogP contribution is -2.45. The summed E-state index contributed by atoms with van der Waals surface area (Å²) in [5.41, 5.74) is -1.43. The normalized spacial score (nSPS) is 19.1. The first-order valence-electron chi connectivity index (χ1n) is 10.9. The summed E-state index contributed by atoms with van der Waals surface area (Å²) < 4.78 is 17.9. The molecule has 32 heavy (non-hydrogen) atoms. The minimum absolute atomic E-state index is 0.0563. The van der Waals surface area contributed by atoms with Crippen LogP contribution < -0.4 is 4.90 Å². The summed E-state index contributed by atoms with van der Waals surface area (Å²) in [5, 5.41) is 4.71. The molecule has 1 aromatic heterocycles. The molecule has 0 N–H and O–H groups in total. The third-order valence-corrected chi connectivity index (χ3v) is 4.57. The van der Waals surface area contributed by atoms with Crippen LogP contribution in [0.15, 0.2) is 6.07 Å². The van der Waals surface area contributed by atoms with Gasteiger partial charge in [0.15, 0.2) is 0 Å². The van der Waals surface area contributed by atoms with Crippen molar-refractivity contribution in [1.82, 2.24) is 9.78 Å². The first-order valence-corrected chi connectivity index (χ1v) is 10.9. The molecule has 2 amide bonds. The lowest BCUT2D eigenvalue weighted by atomic mass is 9.80. The molecule has 1 aliphatic carbocycles. The second kappa shape index (κ2) is 8.75. The number of esters is 1. The molecule has 1 heterocycles. The van der Waals surface area contributed by atoms with Crippen molar-refractivity contribution in [2.24, 2.45) is 0 Å². The van der Waals surface area contributed by atoms with E-state index in [1.165, 1.54) is 6.92 Å². The second-order valence-corrected chi connectivity index (χ2v) is 11.2. The third-order valence-electron chi connectivity index (χ3n) is 4.57. The fourth-order valence-electron chi connectivity index (χ4n) is 3.26. The Morgan fingerprint density at radius 2 is 1.41 bits per heavy atom. The number of amides is 2. The van der Waals surface area contributed by atoms with Crippen molar-refractivity contribution in [2.45, 2.75) is 111 Å². The van der Waals surface area contributed by atoms with Crippen molar-refractivity contribution >= 4 is 24.0 Å². The predicted octanol–water partition coefficient (Wildman–Crippen LogP) is 5.12. The van der Waals surface area contributed by atoms with Crippen LogP contribution in [0.3, 0.4) is 0 Å². The number of hydrogen-bond acceptors (Lipinski definition) is 7. The van der Waals surface area contributed by atoms with E-state index in [2.05, 4.69) is 0 Å². The van der Waals surface area contributed by atoms with E-state index in [-0.39, 0.29) is 23.8 Å². The molecule has 0 spiro atoms. The summed E-state index contributed by atoms with van der Waals surface area (Å²) in [6, 6.07) is 1.72. The maximum absolute atomic E-state index is 13.1. The zero-order valence-electron chi connectivity index (χ0n) is 20.9. The number of anilines is 1. The molecule has 1 aromatic rings. The first-order chi connectivity index (χ1) is 14.4. The Hall–Kier alpha value is -2.58. The van der Waals surface area contributed by atoms with E-state index in [0.29, 0.717) is 12.8 Å². The fraction of sp³-hybridized carbons (Fsp3) is 0.739. The predicted molar refractivity (Wildman–Crippen MR) is 120 cm³/mol. The molecule has 9 nitrogen and oxygen atoms in total. The van der Waals surface area contributed by atoms with Crippen LogP contribution in [0.25, 0.3) is 0 Å². The van der Waals surface area contributed by atoms with Crippen LogP contribution in [0.1, 0.15) is 93.7 Å². The highest BCUT2D eigenvalue weighted by Gasteiger charge is 2.40. The Morgan fingerprint density at radius 3 is 1.78 bits per heavy atom. The van der Waals surface area contributed by atoms with Crippen molar-refractivity contribution < 1.29 is 28.6 Å². The highest BCUT2D eigenvalue weighted by molar-refractivity contribution is 6.09. The number of nitrogens with zero attached hydrogens (tertiary/aromatic N) is 3. The van der Waals surface area contributed by atoms with Crippen LogP contribution >= 0.6 is 0 Å². The third kappa shape index (κ3) is 6.71. The van der Waals surface area contributed by atoms with Gasteiger partial charge in [-0.05, 0) is 75.2 Å². The molecular weight excluding hydrogens is 414 g/mol. The highest BCUT2D eigenvalue weighted by atomic mass is 16.6. The molecular formula is C23H37N3O6. The number of aromatic nitrogens is 2. The second-order valence-electron chi connectivity index (χ2n) is 11.2. The van der Waals surface area contributed by atoms with Crippen LogP contribution in [0.2, 0.25) is 0 Å². The molecule has 1 saturated carbocycles. The molecule has 1 fully saturated rings. The van der Waals surface area contributed by atoms with Gasteiger partial charge >= 0.3 is 18.2 Å². The lowest BCUT2D eigenvalue weighted by Gasteiger charge is -2.33. The number of carbonyl (C=O) groups excluding carboxylic acids is 3. The van der Waals surface area contributed by atoms with Gasteiger partial charge in [0.2, 0.25) is 0 Å². The molecule has 0 bridgehead atoms. The van der Waals surface area contributed by atoms with Crippen LogP contribution in [-0.4, -0.2) is 45.2 Å². The van der Waals surface area contributed by atoms with Gasteiger partial charge in [0.25, 0.3) is 0 Å². The highest BCUT2D eigenvalue weighted by Crippen LogP contribution is 2.40. The largest absolute Gasteiger partial charge is 0.463 e. The van der Waals surface area contributed by atoms with Crippen LogP contribution in [-0.2, 0) is 24.5 Å². The first kappa shape index (κ1) is 25.7. The maximum Gasteiger partial charge on any atom is 0.425 e. The van der Waals surface area contributed by atoms with E-state index in [1.807, 2.05) is 20.8 Å². The Morgan fingerprint density at radius 1 is 0.938 bits per heavy atom.